The number of hydrogen-bond donors (Lipinski definition) is 1. The first-order chi connectivity index (χ1) is 13.3. The van der Waals surface area contributed by atoms with Gasteiger partial charge >= 0.3 is 0 Å². The molecular formula is C20H20FN5O2. The zero-order chi connectivity index (χ0) is 20.1. The summed E-state index contributed by atoms with van der Waals surface area (Å²) in [6.45, 7) is 5.46. The standard InChI is InChI=1S/C20H20FN5O2/c1-20(2,3)18(27)17(19-22-12-23-26-19)28-16-10-8-15(9-11-16)25-24-14-6-4-13(21)5-7-14/h4-12,17H,1-3H3,(H,22,23,26). The van der Waals surface area contributed by atoms with Gasteiger partial charge < -0.3 is 4.74 Å². The molecule has 0 spiro atoms. The summed E-state index contributed by atoms with van der Waals surface area (Å²) in [6.07, 6.45) is 0.440. The van der Waals surface area contributed by atoms with Crippen LogP contribution in [-0.4, -0.2) is 21.0 Å². The third-order valence-electron chi connectivity index (χ3n) is 3.86. The lowest BCUT2D eigenvalue weighted by Crippen LogP contribution is -2.31. The van der Waals surface area contributed by atoms with Gasteiger partial charge in [-0.2, -0.15) is 15.3 Å². The number of carbonyl (C=O) groups excluding carboxylic acids is 1. The number of carbonyl (C=O) groups is 1. The molecule has 28 heavy (non-hydrogen) atoms. The first-order valence-corrected chi connectivity index (χ1v) is 8.66. The van der Waals surface area contributed by atoms with Crippen LogP contribution in [0.25, 0.3) is 0 Å². The van der Waals surface area contributed by atoms with E-state index in [1.165, 1.54) is 30.6 Å². The molecule has 1 atom stereocenters. The highest BCUT2D eigenvalue weighted by atomic mass is 19.1. The molecule has 144 valence electrons. The van der Waals surface area contributed by atoms with Gasteiger partial charge in [-0.1, -0.05) is 20.8 Å². The van der Waals surface area contributed by atoms with Crippen molar-refractivity contribution in [1.82, 2.24) is 15.2 Å². The van der Waals surface area contributed by atoms with Crippen molar-refractivity contribution in [2.24, 2.45) is 15.6 Å². The quantitative estimate of drug-likeness (QED) is 0.602. The Morgan fingerprint density at radius 3 is 2.11 bits per heavy atom. The summed E-state index contributed by atoms with van der Waals surface area (Å²) < 4.78 is 18.8. The minimum atomic E-state index is -0.894. The maximum absolute atomic E-state index is 12.9. The van der Waals surface area contributed by atoms with Gasteiger partial charge in [-0.05, 0) is 48.5 Å². The third kappa shape index (κ3) is 4.85. The molecule has 1 heterocycles. The predicted molar refractivity (Wildman–Crippen MR) is 101 cm³/mol. The van der Waals surface area contributed by atoms with Gasteiger partial charge in [-0.3, -0.25) is 9.89 Å². The molecule has 0 aliphatic rings. The molecule has 0 fully saturated rings. The maximum atomic E-state index is 12.9. The van der Waals surface area contributed by atoms with Gasteiger partial charge in [-0.15, -0.1) is 0 Å². The number of aromatic amines is 1. The number of hydrogen-bond acceptors (Lipinski definition) is 6. The number of nitrogens with one attached hydrogen (secondary N) is 1. The predicted octanol–water partition coefficient (Wildman–Crippen LogP) is 5.09. The molecule has 0 saturated carbocycles. The van der Waals surface area contributed by atoms with E-state index in [2.05, 4.69) is 25.4 Å². The highest BCUT2D eigenvalue weighted by Gasteiger charge is 2.34. The lowest BCUT2D eigenvalue weighted by molar-refractivity contribution is -0.134. The van der Waals surface area contributed by atoms with E-state index in [0.29, 0.717) is 22.9 Å². The second kappa shape index (κ2) is 8.08. The Morgan fingerprint density at radius 2 is 1.61 bits per heavy atom. The first-order valence-electron chi connectivity index (χ1n) is 8.66. The third-order valence-corrected chi connectivity index (χ3v) is 3.86. The van der Waals surface area contributed by atoms with E-state index >= 15 is 0 Å². The molecule has 8 heteroatoms. The Balaban J connectivity index is 1.74. The van der Waals surface area contributed by atoms with Crippen LogP contribution in [0.3, 0.4) is 0 Å². The highest BCUT2D eigenvalue weighted by Crippen LogP contribution is 2.29. The van der Waals surface area contributed by atoms with Crippen molar-refractivity contribution in [3.8, 4) is 5.75 Å². The average molecular weight is 381 g/mol. The highest BCUT2D eigenvalue weighted by molar-refractivity contribution is 5.88. The smallest absolute Gasteiger partial charge is 0.216 e. The number of aromatic nitrogens is 3. The maximum Gasteiger partial charge on any atom is 0.216 e. The molecule has 0 aliphatic heterocycles. The molecule has 0 saturated heterocycles. The van der Waals surface area contributed by atoms with Crippen molar-refractivity contribution < 1.29 is 13.9 Å². The number of ether oxygens (including phenoxy) is 1. The van der Waals surface area contributed by atoms with Crippen LogP contribution in [0.15, 0.2) is 65.1 Å². The number of Topliss-reactive ketones (excluding diaryl/α,β-unsaturated/α-hetero) is 1. The molecule has 0 bridgehead atoms. The van der Waals surface area contributed by atoms with Crippen LogP contribution in [0, 0.1) is 11.2 Å². The number of azo groups is 1. The van der Waals surface area contributed by atoms with Crippen molar-refractivity contribution in [3.05, 3.63) is 66.5 Å². The molecule has 2 aromatic carbocycles. The SMILES string of the molecule is CC(C)(C)C(=O)C(Oc1ccc(N=Nc2ccc(F)cc2)cc1)c1ncn[nH]1. The second-order valence-corrected chi connectivity index (χ2v) is 7.15. The molecule has 0 radical (unpaired) electrons. The molecular weight excluding hydrogens is 361 g/mol. The van der Waals surface area contributed by atoms with E-state index in [1.807, 2.05) is 20.8 Å². The number of H-pyrrole nitrogens is 1. The van der Waals surface area contributed by atoms with E-state index in [1.54, 1.807) is 24.3 Å². The summed E-state index contributed by atoms with van der Waals surface area (Å²) in [5.74, 6) is 0.385. The van der Waals surface area contributed by atoms with Crippen LogP contribution in [0.5, 0.6) is 5.75 Å². The first kappa shape index (κ1) is 19.3. The van der Waals surface area contributed by atoms with Gasteiger partial charge in [0.25, 0.3) is 0 Å². The van der Waals surface area contributed by atoms with E-state index in [-0.39, 0.29) is 11.6 Å². The van der Waals surface area contributed by atoms with Gasteiger partial charge in [0.2, 0.25) is 6.10 Å². The van der Waals surface area contributed by atoms with Gasteiger partial charge in [0.05, 0.1) is 11.4 Å². The zero-order valence-corrected chi connectivity index (χ0v) is 15.8. The largest absolute Gasteiger partial charge is 0.475 e. The van der Waals surface area contributed by atoms with E-state index in [0.717, 1.165) is 0 Å². The van der Waals surface area contributed by atoms with Crippen LogP contribution in [0.2, 0.25) is 0 Å². The summed E-state index contributed by atoms with van der Waals surface area (Å²) >= 11 is 0. The molecule has 0 aliphatic carbocycles. The number of ketones is 1. The Hall–Kier alpha value is -3.42. The minimum Gasteiger partial charge on any atom is -0.475 e. The number of rotatable bonds is 6. The average Bonchev–Trinajstić information content (AvgIpc) is 3.20. The molecule has 3 rings (SSSR count). The summed E-state index contributed by atoms with van der Waals surface area (Å²) in [7, 11) is 0. The summed E-state index contributed by atoms with van der Waals surface area (Å²) in [6, 6.07) is 12.5. The van der Waals surface area contributed by atoms with Gasteiger partial charge in [0.1, 0.15) is 17.9 Å². The fourth-order valence-corrected chi connectivity index (χ4v) is 2.32. The van der Waals surface area contributed by atoms with E-state index in [4.69, 9.17) is 4.74 Å². The zero-order valence-electron chi connectivity index (χ0n) is 15.8. The fraction of sp³-hybridized carbons (Fsp3) is 0.250. The van der Waals surface area contributed by atoms with Crippen LogP contribution >= 0.6 is 0 Å². The molecule has 1 N–H and O–H groups in total. The lowest BCUT2D eigenvalue weighted by Gasteiger charge is -2.23. The number of benzene rings is 2. The Bertz CT molecular complexity index is 946. The molecule has 1 unspecified atom stereocenters. The van der Waals surface area contributed by atoms with Crippen LogP contribution in [0.1, 0.15) is 32.7 Å². The summed E-state index contributed by atoms with van der Waals surface area (Å²) in [5.41, 5.74) is 0.527. The van der Waals surface area contributed by atoms with E-state index in [9.17, 15) is 9.18 Å². The Labute approximate surface area is 161 Å². The summed E-state index contributed by atoms with van der Waals surface area (Å²) in [5, 5.41) is 14.7. The van der Waals surface area contributed by atoms with Gasteiger partial charge in [0.15, 0.2) is 11.6 Å². The van der Waals surface area contributed by atoms with Crippen LogP contribution in [0.4, 0.5) is 15.8 Å². The number of halogens is 1. The van der Waals surface area contributed by atoms with Crippen LogP contribution < -0.4 is 4.74 Å². The molecule has 7 nitrogen and oxygen atoms in total. The lowest BCUT2D eigenvalue weighted by atomic mass is 9.87. The fourth-order valence-electron chi connectivity index (χ4n) is 2.32. The van der Waals surface area contributed by atoms with Crippen LogP contribution in [-0.2, 0) is 4.79 Å². The van der Waals surface area contributed by atoms with E-state index < -0.39 is 11.5 Å². The van der Waals surface area contributed by atoms with Crippen molar-refractivity contribution >= 4 is 17.2 Å². The van der Waals surface area contributed by atoms with Crippen molar-refractivity contribution in [1.29, 1.82) is 0 Å². The monoisotopic (exact) mass is 381 g/mol. The molecule has 3 aromatic rings. The summed E-state index contributed by atoms with van der Waals surface area (Å²) in [4.78, 5) is 16.8. The molecule has 0 amide bonds. The van der Waals surface area contributed by atoms with Crippen molar-refractivity contribution in [3.63, 3.8) is 0 Å². The minimum absolute atomic E-state index is 0.121. The Kier molecular flexibility index (Phi) is 5.58. The molecule has 1 aromatic heterocycles. The second-order valence-electron chi connectivity index (χ2n) is 7.15. The number of nitrogens with zero attached hydrogens (tertiary/aromatic N) is 4. The Morgan fingerprint density at radius 1 is 1.04 bits per heavy atom. The van der Waals surface area contributed by atoms with Gasteiger partial charge in [-0.25, -0.2) is 9.37 Å². The van der Waals surface area contributed by atoms with Crippen molar-refractivity contribution in [2.45, 2.75) is 26.9 Å². The van der Waals surface area contributed by atoms with Crippen molar-refractivity contribution in [2.75, 3.05) is 0 Å². The topological polar surface area (TPSA) is 92.6 Å². The normalized spacial score (nSPS) is 12.9. The van der Waals surface area contributed by atoms with Gasteiger partial charge in [0, 0.05) is 5.41 Å².